The van der Waals surface area contributed by atoms with E-state index in [9.17, 15) is 19.2 Å². The second-order valence-electron chi connectivity index (χ2n) is 9.61. The number of rotatable bonds is 6. The normalized spacial score (nSPS) is 17.1. The molecule has 0 spiro atoms. The van der Waals surface area contributed by atoms with Gasteiger partial charge in [-0.3, -0.25) is 24.6 Å². The van der Waals surface area contributed by atoms with Gasteiger partial charge in [-0.1, -0.05) is 0 Å². The molecule has 2 N–H and O–H groups in total. The van der Waals surface area contributed by atoms with E-state index in [1.807, 2.05) is 0 Å². The van der Waals surface area contributed by atoms with Crippen LogP contribution in [0.1, 0.15) is 64.7 Å². The van der Waals surface area contributed by atoms with E-state index in [4.69, 9.17) is 14.2 Å². The zero-order chi connectivity index (χ0) is 26.0. The number of amides is 4. The Bertz CT molecular complexity index is 1210. The molecule has 1 atom stereocenters. The first-order chi connectivity index (χ1) is 17.1. The monoisotopic (exact) mass is 495 g/mol. The van der Waals surface area contributed by atoms with Crippen LogP contribution in [0.2, 0.25) is 0 Å². The van der Waals surface area contributed by atoms with Crippen molar-refractivity contribution in [3.8, 4) is 5.75 Å². The number of methoxy groups -OCH3 is 1. The summed E-state index contributed by atoms with van der Waals surface area (Å²) in [5.74, 6) is -0.922. The summed E-state index contributed by atoms with van der Waals surface area (Å²) in [4.78, 5) is 52.0. The minimum Gasteiger partial charge on any atom is -0.495 e. The van der Waals surface area contributed by atoms with E-state index in [2.05, 4.69) is 10.6 Å². The highest BCUT2D eigenvalue weighted by atomic mass is 16.6. The van der Waals surface area contributed by atoms with Gasteiger partial charge in [-0.25, -0.2) is 4.79 Å². The molecule has 2 aliphatic heterocycles. The third-order valence-corrected chi connectivity index (χ3v) is 5.74. The maximum Gasteiger partial charge on any atom is 0.412 e. The summed E-state index contributed by atoms with van der Waals surface area (Å²) in [5.41, 5.74) is 0.676. The highest BCUT2D eigenvalue weighted by Gasteiger charge is 2.38. The fourth-order valence-electron chi connectivity index (χ4n) is 4.09. The van der Waals surface area contributed by atoms with E-state index < -0.39 is 23.5 Å². The van der Waals surface area contributed by atoms with E-state index >= 15 is 0 Å². The smallest absolute Gasteiger partial charge is 0.412 e. The number of ether oxygens (including phenoxy) is 3. The molecule has 10 nitrogen and oxygen atoms in total. The fraction of sp³-hybridized carbons (Fsp3) is 0.385. The van der Waals surface area contributed by atoms with Crippen molar-refractivity contribution in [1.82, 2.24) is 4.90 Å². The van der Waals surface area contributed by atoms with Gasteiger partial charge in [0.25, 0.3) is 17.7 Å². The molecule has 190 valence electrons. The summed E-state index contributed by atoms with van der Waals surface area (Å²) >= 11 is 0. The summed E-state index contributed by atoms with van der Waals surface area (Å²) in [6, 6.07) is 9.15. The standard InChI is InChI=1S/C26H29N3O7/c1-26(2,3)36-25(33)28-20-13-16(8-10-21(20)34-4)27-22(30)15-7-9-18-19(12-15)24(32)29(23(18)31)14-17-6-5-11-35-17/h7-10,12-13,17H,5-6,11,14H2,1-4H3,(H,27,30)(H,28,33). The van der Waals surface area contributed by atoms with Crippen LogP contribution in [0.15, 0.2) is 36.4 Å². The van der Waals surface area contributed by atoms with Crippen LogP contribution in [0.5, 0.6) is 5.75 Å². The van der Waals surface area contributed by atoms with E-state index in [0.29, 0.717) is 23.7 Å². The minimum atomic E-state index is -0.685. The summed E-state index contributed by atoms with van der Waals surface area (Å²) in [7, 11) is 1.46. The number of anilines is 2. The first-order valence-electron chi connectivity index (χ1n) is 11.7. The predicted octanol–water partition coefficient (Wildman–Crippen LogP) is 4.07. The van der Waals surface area contributed by atoms with Crippen LogP contribution in [-0.2, 0) is 9.47 Å². The van der Waals surface area contributed by atoms with Crippen LogP contribution in [0.25, 0.3) is 0 Å². The Morgan fingerprint density at radius 3 is 2.47 bits per heavy atom. The number of fused-ring (bicyclic) bond motifs is 1. The number of carbonyl (C=O) groups excluding carboxylic acids is 4. The van der Waals surface area contributed by atoms with Gasteiger partial charge in [-0.2, -0.15) is 0 Å². The predicted molar refractivity (Wildman–Crippen MR) is 132 cm³/mol. The molecule has 1 fully saturated rings. The number of hydrogen-bond donors (Lipinski definition) is 2. The molecule has 1 unspecified atom stereocenters. The maximum atomic E-state index is 13.0. The average molecular weight is 496 g/mol. The molecule has 2 heterocycles. The molecule has 0 saturated carbocycles. The lowest BCUT2D eigenvalue weighted by Gasteiger charge is -2.20. The summed E-state index contributed by atoms with van der Waals surface area (Å²) in [5, 5.41) is 5.36. The van der Waals surface area contributed by atoms with Crippen molar-refractivity contribution in [3.63, 3.8) is 0 Å². The number of nitrogens with one attached hydrogen (secondary N) is 2. The van der Waals surface area contributed by atoms with Gasteiger partial charge in [0.15, 0.2) is 0 Å². The van der Waals surface area contributed by atoms with Crippen LogP contribution in [-0.4, -0.2) is 60.7 Å². The summed E-state index contributed by atoms with van der Waals surface area (Å²) in [6.45, 7) is 6.07. The van der Waals surface area contributed by atoms with Crippen molar-refractivity contribution in [3.05, 3.63) is 53.1 Å². The zero-order valence-corrected chi connectivity index (χ0v) is 20.7. The molecule has 1 saturated heterocycles. The number of carbonyl (C=O) groups is 4. The van der Waals surface area contributed by atoms with E-state index in [-0.39, 0.29) is 35.2 Å². The summed E-state index contributed by atoms with van der Waals surface area (Å²) in [6.07, 6.45) is 0.874. The van der Waals surface area contributed by atoms with E-state index in [1.54, 1.807) is 32.9 Å². The third-order valence-electron chi connectivity index (χ3n) is 5.74. The molecule has 2 aromatic carbocycles. The molecule has 4 rings (SSSR count). The molecule has 10 heteroatoms. The Morgan fingerprint density at radius 2 is 1.81 bits per heavy atom. The van der Waals surface area contributed by atoms with Crippen LogP contribution in [0.3, 0.4) is 0 Å². The van der Waals surface area contributed by atoms with Crippen LogP contribution in [0.4, 0.5) is 16.2 Å². The Hall–Kier alpha value is -3.92. The second kappa shape index (κ2) is 9.98. The molecule has 0 bridgehead atoms. The first-order valence-corrected chi connectivity index (χ1v) is 11.7. The number of hydrogen-bond acceptors (Lipinski definition) is 7. The number of imide groups is 1. The van der Waals surface area contributed by atoms with E-state index in [1.165, 1.54) is 36.3 Å². The first kappa shape index (κ1) is 25.2. The van der Waals surface area contributed by atoms with Crippen molar-refractivity contribution in [2.45, 2.75) is 45.3 Å². The lowest BCUT2D eigenvalue weighted by atomic mass is 10.1. The molecule has 4 amide bonds. The van der Waals surface area contributed by atoms with Gasteiger partial charge in [0.2, 0.25) is 0 Å². The van der Waals surface area contributed by atoms with Gasteiger partial charge in [0.1, 0.15) is 11.4 Å². The lowest BCUT2D eigenvalue weighted by Crippen LogP contribution is -2.36. The van der Waals surface area contributed by atoms with Gasteiger partial charge < -0.3 is 19.5 Å². The van der Waals surface area contributed by atoms with Crippen LogP contribution >= 0.6 is 0 Å². The molecule has 0 aliphatic carbocycles. The number of nitrogens with zero attached hydrogens (tertiary/aromatic N) is 1. The second-order valence-corrected chi connectivity index (χ2v) is 9.61. The molecular weight excluding hydrogens is 466 g/mol. The SMILES string of the molecule is COc1ccc(NC(=O)c2ccc3c(c2)C(=O)N(CC2CCCO2)C3=O)cc1NC(=O)OC(C)(C)C. The van der Waals surface area contributed by atoms with Crippen molar-refractivity contribution in [1.29, 1.82) is 0 Å². The molecule has 2 aliphatic rings. The van der Waals surface area contributed by atoms with Crippen molar-refractivity contribution >= 4 is 35.2 Å². The Labute approximate surface area is 208 Å². The topological polar surface area (TPSA) is 123 Å². The Balaban J connectivity index is 1.49. The van der Waals surface area contributed by atoms with Crippen molar-refractivity contribution in [2.75, 3.05) is 30.9 Å². The van der Waals surface area contributed by atoms with Crippen LogP contribution in [0, 0.1) is 0 Å². The molecule has 2 aromatic rings. The molecule has 36 heavy (non-hydrogen) atoms. The molecular formula is C26H29N3O7. The lowest BCUT2D eigenvalue weighted by molar-refractivity contribution is 0.0475. The minimum absolute atomic E-state index is 0.159. The van der Waals surface area contributed by atoms with Gasteiger partial charge in [0, 0.05) is 17.9 Å². The van der Waals surface area contributed by atoms with Gasteiger partial charge in [-0.05, 0) is 70.0 Å². The highest BCUT2D eigenvalue weighted by Crippen LogP contribution is 2.30. The highest BCUT2D eigenvalue weighted by molar-refractivity contribution is 6.22. The molecule has 0 aromatic heterocycles. The van der Waals surface area contributed by atoms with Gasteiger partial charge in [-0.15, -0.1) is 0 Å². The average Bonchev–Trinajstić information content (AvgIpc) is 3.41. The van der Waals surface area contributed by atoms with E-state index in [0.717, 1.165) is 12.8 Å². The van der Waals surface area contributed by atoms with Gasteiger partial charge >= 0.3 is 6.09 Å². The summed E-state index contributed by atoms with van der Waals surface area (Å²) < 4.78 is 16.1. The zero-order valence-electron chi connectivity index (χ0n) is 20.7. The van der Waals surface area contributed by atoms with Crippen LogP contribution < -0.4 is 15.4 Å². The third kappa shape index (κ3) is 5.49. The largest absolute Gasteiger partial charge is 0.495 e. The van der Waals surface area contributed by atoms with Gasteiger partial charge in [0.05, 0.1) is 36.6 Å². The van der Waals surface area contributed by atoms with Crippen molar-refractivity contribution in [2.24, 2.45) is 0 Å². The molecule has 0 radical (unpaired) electrons. The van der Waals surface area contributed by atoms with Crippen molar-refractivity contribution < 1.29 is 33.4 Å². The number of benzene rings is 2. The quantitative estimate of drug-likeness (QED) is 0.579. The Morgan fingerprint density at radius 1 is 1.06 bits per heavy atom. The fourth-order valence-corrected chi connectivity index (χ4v) is 4.09. The Kier molecular flexibility index (Phi) is 6.98. The maximum absolute atomic E-state index is 13.0.